The molecule has 0 N–H and O–H groups in total. The highest BCUT2D eigenvalue weighted by molar-refractivity contribution is 5.89. The third kappa shape index (κ3) is 7.60. The van der Waals surface area contributed by atoms with Crippen LogP contribution in [0.15, 0.2) is 58.8 Å². The number of carbonyl (C=O) groups is 1. The summed E-state index contributed by atoms with van der Waals surface area (Å²) in [7, 11) is 0. The van der Waals surface area contributed by atoms with E-state index in [4.69, 9.17) is 9.47 Å². The largest absolute Gasteiger partial charge is 0.494 e. The number of rotatable bonds is 11. The molecule has 0 unspecified atom stereocenters. The van der Waals surface area contributed by atoms with E-state index in [-0.39, 0.29) is 5.97 Å². The van der Waals surface area contributed by atoms with Crippen LogP contribution in [0.5, 0.6) is 5.75 Å². The lowest BCUT2D eigenvalue weighted by molar-refractivity contribution is 0.0526. The summed E-state index contributed by atoms with van der Waals surface area (Å²) in [5.74, 6) is 0.519. The lowest BCUT2D eigenvalue weighted by atomic mass is 10.2. The van der Waals surface area contributed by atoms with Gasteiger partial charge in [0, 0.05) is 0 Å². The molecule has 0 saturated carbocycles. The van der Waals surface area contributed by atoms with Gasteiger partial charge in [-0.25, -0.2) is 4.79 Å². The van der Waals surface area contributed by atoms with Gasteiger partial charge < -0.3 is 9.47 Å². The fraction of sp³-hybridized carbons (Fsp3) is 0.409. The van der Waals surface area contributed by atoms with Gasteiger partial charge in [0.05, 0.1) is 30.2 Å². The number of nitrogens with zero attached hydrogens (tertiary/aromatic N) is 2. The number of carbonyl (C=O) groups excluding carboxylic acids is 1. The Labute approximate surface area is 161 Å². The first-order valence-electron chi connectivity index (χ1n) is 9.64. The lowest BCUT2D eigenvalue weighted by Crippen LogP contribution is -2.03. The summed E-state index contributed by atoms with van der Waals surface area (Å²) in [6.07, 6.45) is 6.13. The number of esters is 1. The van der Waals surface area contributed by atoms with E-state index in [0.717, 1.165) is 24.5 Å². The van der Waals surface area contributed by atoms with Gasteiger partial charge in [0.15, 0.2) is 0 Å². The molecule has 0 aromatic heterocycles. The Morgan fingerprint density at radius 2 is 1.41 bits per heavy atom. The Hall–Kier alpha value is -2.69. The van der Waals surface area contributed by atoms with Gasteiger partial charge in [-0.3, -0.25) is 0 Å². The van der Waals surface area contributed by atoms with E-state index in [0.29, 0.717) is 17.9 Å². The highest BCUT2D eigenvalue weighted by atomic mass is 16.5. The molecule has 0 saturated heterocycles. The maximum Gasteiger partial charge on any atom is 0.338 e. The molecule has 144 valence electrons. The predicted octanol–water partition coefficient (Wildman–Crippen LogP) is 6.63. The first kappa shape index (κ1) is 20.6. The maximum atomic E-state index is 11.6. The van der Waals surface area contributed by atoms with E-state index in [9.17, 15) is 4.79 Å². The van der Waals surface area contributed by atoms with Crippen molar-refractivity contribution in [2.75, 3.05) is 13.2 Å². The highest BCUT2D eigenvalue weighted by Gasteiger charge is 2.05. The van der Waals surface area contributed by atoms with Crippen LogP contribution in [0.25, 0.3) is 0 Å². The fourth-order valence-corrected chi connectivity index (χ4v) is 2.50. The van der Waals surface area contributed by atoms with Crippen LogP contribution < -0.4 is 4.74 Å². The van der Waals surface area contributed by atoms with Crippen LogP contribution >= 0.6 is 0 Å². The summed E-state index contributed by atoms with van der Waals surface area (Å²) in [5.41, 5.74) is 1.93. The first-order chi connectivity index (χ1) is 13.2. The molecule has 0 aliphatic rings. The van der Waals surface area contributed by atoms with Crippen LogP contribution in [0.3, 0.4) is 0 Å². The molecule has 0 amide bonds. The Kier molecular flexibility index (Phi) is 9.04. The van der Waals surface area contributed by atoms with Gasteiger partial charge in [-0.2, -0.15) is 10.2 Å². The summed E-state index contributed by atoms with van der Waals surface area (Å²) >= 11 is 0. The molecular weight excluding hydrogens is 340 g/mol. The average Bonchev–Trinajstić information content (AvgIpc) is 2.70. The number of hydrogen-bond donors (Lipinski definition) is 0. The van der Waals surface area contributed by atoms with Crippen LogP contribution in [0, 0.1) is 0 Å². The van der Waals surface area contributed by atoms with Crippen LogP contribution in [0.1, 0.15) is 56.3 Å². The number of unbranched alkanes of at least 4 members (excludes halogenated alkanes) is 4. The minimum Gasteiger partial charge on any atom is -0.494 e. The zero-order valence-electron chi connectivity index (χ0n) is 16.2. The monoisotopic (exact) mass is 368 g/mol. The third-order valence-corrected chi connectivity index (χ3v) is 4.01. The molecule has 2 aromatic rings. The van der Waals surface area contributed by atoms with Crippen molar-refractivity contribution in [3.05, 3.63) is 54.1 Å². The zero-order valence-corrected chi connectivity index (χ0v) is 16.2. The van der Waals surface area contributed by atoms with Gasteiger partial charge in [-0.05, 0) is 61.9 Å². The fourth-order valence-electron chi connectivity index (χ4n) is 2.50. The third-order valence-electron chi connectivity index (χ3n) is 4.01. The minimum absolute atomic E-state index is 0.332. The van der Waals surface area contributed by atoms with Gasteiger partial charge in [-0.15, -0.1) is 0 Å². The smallest absolute Gasteiger partial charge is 0.338 e. The van der Waals surface area contributed by atoms with E-state index in [1.807, 2.05) is 24.3 Å². The molecule has 5 heteroatoms. The van der Waals surface area contributed by atoms with Crippen LogP contribution in [0.2, 0.25) is 0 Å². The van der Waals surface area contributed by atoms with Crippen molar-refractivity contribution in [3.8, 4) is 5.75 Å². The molecule has 0 spiro atoms. The second-order valence-corrected chi connectivity index (χ2v) is 6.22. The topological polar surface area (TPSA) is 60.2 Å². The molecule has 2 aromatic carbocycles. The number of ether oxygens (including phenoxy) is 2. The first-order valence-corrected chi connectivity index (χ1v) is 9.64. The lowest BCUT2D eigenvalue weighted by Gasteiger charge is -2.06. The van der Waals surface area contributed by atoms with Crippen molar-refractivity contribution in [2.45, 2.75) is 46.0 Å². The van der Waals surface area contributed by atoms with Gasteiger partial charge >= 0.3 is 5.97 Å². The molecule has 0 bridgehead atoms. The normalized spacial score (nSPS) is 10.9. The molecule has 0 radical (unpaired) electrons. The Morgan fingerprint density at radius 3 is 2.00 bits per heavy atom. The molecule has 0 fully saturated rings. The Morgan fingerprint density at radius 1 is 0.815 bits per heavy atom. The quantitative estimate of drug-likeness (QED) is 0.254. The minimum atomic E-state index is -0.332. The number of azo groups is 1. The zero-order chi connectivity index (χ0) is 19.3. The summed E-state index contributed by atoms with van der Waals surface area (Å²) in [5, 5.41) is 8.40. The second-order valence-electron chi connectivity index (χ2n) is 6.22. The number of benzene rings is 2. The molecular formula is C22H28N2O3. The predicted molar refractivity (Wildman–Crippen MR) is 107 cm³/mol. The maximum absolute atomic E-state index is 11.6. The summed E-state index contributed by atoms with van der Waals surface area (Å²) in [4.78, 5) is 11.6. The van der Waals surface area contributed by atoms with Crippen LogP contribution in [0.4, 0.5) is 11.4 Å². The highest BCUT2D eigenvalue weighted by Crippen LogP contribution is 2.22. The van der Waals surface area contributed by atoms with Gasteiger partial charge in [0.2, 0.25) is 0 Å². The van der Waals surface area contributed by atoms with Crippen molar-refractivity contribution >= 4 is 17.3 Å². The van der Waals surface area contributed by atoms with Crippen molar-refractivity contribution in [1.29, 1.82) is 0 Å². The molecule has 0 heterocycles. The molecule has 5 nitrogen and oxygen atoms in total. The van der Waals surface area contributed by atoms with Crippen LogP contribution in [-0.4, -0.2) is 19.2 Å². The SMILES string of the molecule is CCCCCCCOc1ccc(N=Nc2ccc(C(=O)OCC)cc2)cc1. The van der Waals surface area contributed by atoms with Gasteiger partial charge in [0.1, 0.15) is 5.75 Å². The summed E-state index contributed by atoms with van der Waals surface area (Å²) < 4.78 is 10.7. The average molecular weight is 368 g/mol. The summed E-state index contributed by atoms with van der Waals surface area (Å²) in [6.45, 7) is 5.11. The van der Waals surface area contributed by atoms with Crippen LogP contribution in [-0.2, 0) is 4.74 Å². The van der Waals surface area contributed by atoms with E-state index in [1.54, 1.807) is 31.2 Å². The number of hydrogen-bond acceptors (Lipinski definition) is 5. The molecule has 2 rings (SSSR count). The van der Waals surface area contributed by atoms with Crippen molar-refractivity contribution in [1.82, 2.24) is 0 Å². The standard InChI is InChI=1S/C22H28N2O3/c1-3-5-6-7-8-17-27-21-15-13-20(14-16-21)24-23-19-11-9-18(10-12-19)22(25)26-4-2/h9-16H,3-8,17H2,1-2H3. The Balaban J connectivity index is 1.80. The van der Waals surface area contributed by atoms with E-state index >= 15 is 0 Å². The van der Waals surface area contributed by atoms with Crippen molar-refractivity contribution < 1.29 is 14.3 Å². The van der Waals surface area contributed by atoms with Gasteiger partial charge in [0.25, 0.3) is 0 Å². The summed E-state index contributed by atoms with van der Waals surface area (Å²) in [6, 6.07) is 14.4. The molecule has 0 aliphatic carbocycles. The van der Waals surface area contributed by atoms with E-state index < -0.39 is 0 Å². The van der Waals surface area contributed by atoms with Crippen molar-refractivity contribution in [3.63, 3.8) is 0 Å². The Bertz CT molecular complexity index is 709. The molecule has 27 heavy (non-hydrogen) atoms. The van der Waals surface area contributed by atoms with Crippen molar-refractivity contribution in [2.24, 2.45) is 10.2 Å². The molecule has 0 aliphatic heterocycles. The second kappa shape index (κ2) is 11.8. The van der Waals surface area contributed by atoms with E-state index in [1.165, 1.54) is 25.7 Å². The molecule has 0 atom stereocenters. The van der Waals surface area contributed by atoms with E-state index in [2.05, 4.69) is 17.2 Å². The van der Waals surface area contributed by atoms with Gasteiger partial charge in [-0.1, -0.05) is 32.6 Å².